The molecule has 15 heteroatoms. The maximum atomic E-state index is 13.8. The van der Waals surface area contributed by atoms with Gasteiger partial charge in [-0.15, -0.1) is 0 Å². The van der Waals surface area contributed by atoms with Crippen LogP contribution in [-0.2, 0) is 19.7 Å². The Labute approximate surface area is 280 Å². The SMILES string of the molecule is Cc1ccc(S(=O)(=O)Oc2ccc(C(=O)CN(C(=O)c3ccc([N+](=O)[O-])cc3)N3C(=O)[C@@H]4[C@H]5C[C@@H]([C@H](Br)[C@H]5Br)[C@H]4C3=O)cc2)cc1. The molecule has 1 heterocycles. The summed E-state index contributed by atoms with van der Waals surface area (Å²) < 4.78 is 30.6. The van der Waals surface area contributed by atoms with Crippen molar-refractivity contribution in [3.05, 3.63) is 99.6 Å². The van der Waals surface area contributed by atoms with Gasteiger partial charge in [0.2, 0.25) is 0 Å². The lowest BCUT2D eigenvalue weighted by atomic mass is 9.81. The third-order valence-corrected chi connectivity index (χ3v) is 13.2. The molecule has 1 aliphatic heterocycles. The van der Waals surface area contributed by atoms with Crippen molar-refractivity contribution in [2.75, 3.05) is 6.54 Å². The summed E-state index contributed by atoms with van der Waals surface area (Å²) in [6.45, 7) is 1.11. The van der Waals surface area contributed by atoms with Gasteiger partial charge in [-0.1, -0.05) is 49.6 Å². The van der Waals surface area contributed by atoms with Gasteiger partial charge in [0.25, 0.3) is 23.4 Å². The summed E-state index contributed by atoms with van der Waals surface area (Å²) in [5.74, 6) is -4.35. The van der Waals surface area contributed by atoms with Gasteiger partial charge >= 0.3 is 10.1 Å². The van der Waals surface area contributed by atoms with Gasteiger partial charge in [-0.3, -0.25) is 29.3 Å². The Morgan fingerprint density at radius 3 is 1.93 bits per heavy atom. The molecule has 6 atom stereocenters. The molecule has 0 spiro atoms. The number of nitro benzene ring substituents is 1. The first-order valence-corrected chi connectivity index (χ1v) is 17.4. The van der Waals surface area contributed by atoms with E-state index in [0.29, 0.717) is 6.42 Å². The van der Waals surface area contributed by atoms with Crippen LogP contribution >= 0.6 is 31.9 Å². The second-order valence-corrected chi connectivity index (χ2v) is 15.1. The van der Waals surface area contributed by atoms with Gasteiger partial charge < -0.3 is 4.18 Å². The number of halogens is 2. The van der Waals surface area contributed by atoms with E-state index in [2.05, 4.69) is 31.9 Å². The number of carbonyl (C=O) groups is 4. The second-order valence-electron chi connectivity index (χ2n) is 11.5. The molecule has 2 bridgehead atoms. The van der Waals surface area contributed by atoms with Gasteiger partial charge in [0, 0.05) is 32.9 Å². The van der Waals surface area contributed by atoms with Gasteiger partial charge in [-0.2, -0.15) is 13.4 Å². The number of ketones is 1. The number of carbonyl (C=O) groups excluding carboxylic acids is 4. The van der Waals surface area contributed by atoms with Crippen LogP contribution in [0, 0.1) is 40.7 Å². The zero-order chi connectivity index (χ0) is 33.1. The normalized spacial score (nSPS) is 25.0. The fraction of sp³-hybridized carbons (Fsp3) is 0.290. The minimum atomic E-state index is -4.14. The molecule has 3 aromatic rings. The summed E-state index contributed by atoms with van der Waals surface area (Å²) in [5, 5.41) is 12.7. The van der Waals surface area contributed by atoms with E-state index >= 15 is 0 Å². The maximum Gasteiger partial charge on any atom is 0.339 e. The van der Waals surface area contributed by atoms with Crippen molar-refractivity contribution in [2.45, 2.75) is 27.9 Å². The van der Waals surface area contributed by atoms with E-state index < -0.39 is 56.9 Å². The Morgan fingerprint density at radius 1 is 0.891 bits per heavy atom. The first-order chi connectivity index (χ1) is 21.8. The largest absolute Gasteiger partial charge is 0.379 e. The molecule has 12 nitrogen and oxygen atoms in total. The number of alkyl halides is 2. The quantitative estimate of drug-likeness (QED) is 0.0751. The Balaban J connectivity index is 1.27. The van der Waals surface area contributed by atoms with Gasteiger partial charge in [0.05, 0.1) is 16.8 Å². The van der Waals surface area contributed by atoms with E-state index in [1.807, 2.05) is 6.92 Å². The van der Waals surface area contributed by atoms with Crippen molar-refractivity contribution < 1.29 is 36.7 Å². The second kappa shape index (κ2) is 12.0. The van der Waals surface area contributed by atoms with Crippen LogP contribution in [0.3, 0.4) is 0 Å². The lowest BCUT2D eigenvalue weighted by molar-refractivity contribution is -0.384. The number of aryl methyl sites for hydroxylation is 1. The number of hydrogen-bond donors (Lipinski definition) is 0. The summed E-state index contributed by atoms with van der Waals surface area (Å²) in [6.07, 6.45) is 0.662. The van der Waals surface area contributed by atoms with Crippen LogP contribution in [-0.4, -0.2) is 63.1 Å². The molecule has 46 heavy (non-hydrogen) atoms. The van der Waals surface area contributed by atoms with E-state index in [4.69, 9.17) is 4.18 Å². The minimum absolute atomic E-state index is 0.0470. The summed E-state index contributed by atoms with van der Waals surface area (Å²) in [7, 11) is -4.14. The lowest BCUT2D eigenvalue weighted by Crippen LogP contribution is -2.52. The molecule has 0 unspecified atom stereocenters. The molecule has 1 saturated heterocycles. The highest BCUT2D eigenvalue weighted by Gasteiger charge is 2.67. The smallest absolute Gasteiger partial charge is 0.339 e. The highest BCUT2D eigenvalue weighted by Crippen LogP contribution is 2.60. The third kappa shape index (κ3) is 5.53. The molecule has 0 N–H and O–H groups in total. The summed E-state index contributed by atoms with van der Waals surface area (Å²) >= 11 is 7.26. The van der Waals surface area contributed by atoms with E-state index in [-0.39, 0.29) is 48.9 Å². The standard InChI is InChI=1S/C31H25Br2N3O9S/c1-16-2-12-21(13-3-16)46(43,44)45-20-10-6-17(7-11-20)24(37)15-34(29(38)18-4-8-19(9-5-18)36(41)42)35-30(39)25-22-14-23(26(25)31(35)40)28(33)27(22)32/h2-13,22-23,25-28H,14-15H2,1H3/t22-,23-,25-,26-,27+,28+/m1/s1. The van der Waals surface area contributed by atoms with Crippen LogP contribution in [0.5, 0.6) is 5.75 Å². The molecule has 238 valence electrons. The van der Waals surface area contributed by atoms with Gasteiger partial charge in [0.1, 0.15) is 17.2 Å². The number of imide groups is 1. The predicted molar refractivity (Wildman–Crippen MR) is 170 cm³/mol. The Hall–Kier alpha value is -3.95. The number of hydrogen-bond acceptors (Lipinski definition) is 9. The van der Waals surface area contributed by atoms with Crippen LogP contribution < -0.4 is 4.18 Å². The van der Waals surface area contributed by atoms with Gasteiger partial charge in [-0.05, 0) is 73.7 Å². The molecule has 3 fully saturated rings. The first-order valence-electron chi connectivity index (χ1n) is 14.1. The molecule has 2 saturated carbocycles. The number of amides is 3. The van der Waals surface area contributed by atoms with Crippen molar-refractivity contribution in [3.63, 3.8) is 0 Å². The molecular formula is C31H25Br2N3O9S. The van der Waals surface area contributed by atoms with E-state index in [9.17, 15) is 37.7 Å². The highest BCUT2D eigenvalue weighted by molar-refractivity contribution is 9.12. The fourth-order valence-corrected chi connectivity index (χ4v) is 9.29. The minimum Gasteiger partial charge on any atom is -0.379 e. The Bertz CT molecular complexity index is 1840. The van der Waals surface area contributed by atoms with Crippen LogP contribution in [0.15, 0.2) is 77.7 Å². The van der Waals surface area contributed by atoms with E-state index in [1.54, 1.807) is 12.1 Å². The summed E-state index contributed by atoms with van der Waals surface area (Å²) in [5.41, 5.74) is 0.593. The molecule has 3 amide bonds. The Kier molecular flexibility index (Phi) is 8.36. The van der Waals surface area contributed by atoms with Crippen molar-refractivity contribution >= 4 is 71.2 Å². The first kappa shape index (κ1) is 32.0. The van der Waals surface area contributed by atoms with Gasteiger partial charge in [-0.25, -0.2) is 5.01 Å². The lowest BCUT2D eigenvalue weighted by Gasteiger charge is -2.30. The van der Waals surface area contributed by atoms with Gasteiger partial charge in [0.15, 0.2) is 5.78 Å². The number of non-ortho nitro benzene ring substituents is 1. The number of nitro groups is 1. The monoisotopic (exact) mass is 773 g/mol. The fourth-order valence-electron chi connectivity index (χ4n) is 6.48. The summed E-state index contributed by atoms with van der Waals surface area (Å²) in [6, 6.07) is 15.9. The van der Waals surface area contributed by atoms with Crippen LogP contribution in [0.1, 0.15) is 32.7 Å². The van der Waals surface area contributed by atoms with Crippen LogP contribution in [0.4, 0.5) is 5.69 Å². The number of benzene rings is 3. The average molecular weight is 775 g/mol. The number of hydrazine groups is 1. The van der Waals surface area contributed by atoms with Crippen molar-refractivity contribution in [1.29, 1.82) is 0 Å². The van der Waals surface area contributed by atoms with Crippen molar-refractivity contribution in [1.82, 2.24) is 10.0 Å². The number of Topliss-reactive ketones (excluding diaryl/α,β-unsaturated/α-hetero) is 1. The topological polar surface area (TPSA) is 161 Å². The molecule has 0 aromatic heterocycles. The van der Waals surface area contributed by atoms with E-state index in [1.165, 1.54) is 48.5 Å². The average Bonchev–Trinajstić information content (AvgIpc) is 3.64. The predicted octanol–water partition coefficient (Wildman–Crippen LogP) is 4.69. The van der Waals surface area contributed by atoms with E-state index in [0.717, 1.165) is 27.7 Å². The number of rotatable bonds is 9. The Morgan fingerprint density at radius 2 is 1.41 bits per heavy atom. The molecule has 6 rings (SSSR count). The highest BCUT2D eigenvalue weighted by atomic mass is 79.9. The zero-order valence-electron chi connectivity index (χ0n) is 24.0. The zero-order valence-corrected chi connectivity index (χ0v) is 28.0. The maximum absolute atomic E-state index is 13.8. The van der Waals surface area contributed by atoms with Crippen molar-refractivity contribution in [2.24, 2.45) is 23.7 Å². The van der Waals surface area contributed by atoms with Crippen LogP contribution in [0.2, 0.25) is 0 Å². The molecule has 3 aliphatic rings. The summed E-state index contributed by atoms with van der Waals surface area (Å²) in [4.78, 5) is 65.3. The van der Waals surface area contributed by atoms with Crippen molar-refractivity contribution in [3.8, 4) is 5.75 Å². The number of fused-ring (bicyclic) bond motifs is 5. The molecule has 3 aromatic carbocycles. The molecule has 2 aliphatic carbocycles. The molecule has 0 radical (unpaired) electrons. The molecular weight excluding hydrogens is 750 g/mol. The third-order valence-electron chi connectivity index (χ3n) is 8.75. The van der Waals surface area contributed by atoms with Crippen LogP contribution in [0.25, 0.3) is 0 Å². The number of nitrogens with zero attached hydrogens (tertiary/aromatic N) is 3.